The molecule has 0 aliphatic heterocycles. The molecule has 7 rings (SSSR count). The van der Waals surface area contributed by atoms with Gasteiger partial charge in [0.2, 0.25) is 0 Å². The molecule has 226 valence electrons. The van der Waals surface area contributed by atoms with Crippen molar-refractivity contribution >= 4 is 19.9 Å². The van der Waals surface area contributed by atoms with E-state index in [2.05, 4.69) is 136 Å². The minimum absolute atomic E-state index is 0. The summed E-state index contributed by atoms with van der Waals surface area (Å²) in [6.07, 6.45) is 6.06. The summed E-state index contributed by atoms with van der Waals surface area (Å²) in [6, 6.07) is 21.3. The number of halogens is 2. The summed E-state index contributed by atoms with van der Waals surface area (Å²) in [7, 11) is 0. The maximum Gasteiger partial charge on any atom is -1.00 e. The van der Waals surface area contributed by atoms with Gasteiger partial charge in [0.1, 0.15) is 0 Å². The molecule has 0 fully saturated rings. The fourth-order valence-corrected chi connectivity index (χ4v) is 17.8. The van der Waals surface area contributed by atoms with Gasteiger partial charge in [-0.3, -0.25) is 0 Å². The van der Waals surface area contributed by atoms with Gasteiger partial charge >= 0.3 is 263 Å². The molecule has 3 aromatic rings. The maximum absolute atomic E-state index is 2.61. The van der Waals surface area contributed by atoms with Gasteiger partial charge in [-0.1, -0.05) is 0 Å². The SMILES string of the molecule is CC1=CC(C)(C)c2cc3c(cc21)-c1cc2c(cc1C3)C(C)(C)[C]([Zr+2]([C]1=C(C)C(c3ccccc3)=CC1C)=[C](C)C)=C2C.[Cl-].[Cl-]. The molecule has 1 atom stereocenters. The van der Waals surface area contributed by atoms with E-state index in [4.69, 9.17) is 0 Å². The topological polar surface area (TPSA) is 0 Å². The summed E-state index contributed by atoms with van der Waals surface area (Å²) < 4.78 is 5.27. The van der Waals surface area contributed by atoms with Gasteiger partial charge in [-0.15, -0.1) is 0 Å². The fourth-order valence-electron chi connectivity index (χ4n) is 8.85. The van der Waals surface area contributed by atoms with Crippen molar-refractivity contribution in [3.63, 3.8) is 0 Å². The van der Waals surface area contributed by atoms with E-state index >= 15 is 0 Å². The minimum atomic E-state index is -2.36. The number of hydrogen-bond donors (Lipinski definition) is 0. The largest absolute Gasteiger partial charge is 1.00 e. The van der Waals surface area contributed by atoms with Crippen LogP contribution in [0.4, 0.5) is 0 Å². The average molecular weight is 699 g/mol. The zero-order chi connectivity index (χ0) is 29.9. The summed E-state index contributed by atoms with van der Waals surface area (Å²) in [5.41, 5.74) is 19.5. The summed E-state index contributed by atoms with van der Waals surface area (Å²) in [5, 5.41) is 0. The summed E-state index contributed by atoms with van der Waals surface area (Å²) >= 11 is -2.36. The van der Waals surface area contributed by atoms with Crippen LogP contribution in [0, 0.1) is 5.92 Å². The molecular formula is C41H44Cl2Zr. The van der Waals surface area contributed by atoms with Gasteiger partial charge in [0.15, 0.2) is 0 Å². The summed E-state index contributed by atoms with van der Waals surface area (Å²) in [5.74, 6) is 0.504. The van der Waals surface area contributed by atoms with E-state index in [0.29, 0.717) is 5.92 Å². The quantitative estimate of drug-likeness (QED) is 0.288. The average Bonchev–Trinajstić information content (AvgIpc) is 3.57. The second-order valence-corrected chi connectivity index (χ2v) is 21.5. The van der Waals surface area contributed by atoms with Gasteiger partial charge in [-0.05, 0) is 0 Å². The zero-order valence-electron chi connectivity index (χ0n) is 27.9. The number of benzene rings is 3. The van der Waals surface area contributed by atoms with Crippen LogP contribution >= 0.6 is 0 Å². The third-order valence-corrected chi connectivity index (χ3v) is 20.2. The van der Waals surface area contributed by atoms with E-state index in [9.17, 15) is 0 Å². The van der Waals surface area contributed by atoms with Crippen molar-refractivity contribution in [2.75, 3.05) is 0 Å². The zero-order valence-corrected chi connectivity index (χ0v) is 31.9. The number of fused-ring (bicyclic) bond motifs is 5. The van der Waals surface area contributed by atoms with Gasteiger partial charge < -0.3 is 24.8 Å². The van der Waals surface area contributed by atoms with Crippen LogP contribution in [-0.4, -0.2) is 3.21 Å². The Morgan fingerprint density at radius 1 is 0.750 bits per heavy atom. The van der Waals surface area contributed by atoms with Crippen LogP contribution in [0.3, 0.4) is 0 Å². The third kappa shape index (κ3) is 4.75. The first-order valence-corrected chi connectivity index (χ1v) is 19.4. The van der Waals surface area contributed by atoms with Gasteiger partial charge in [-0.25, -0.2) is 0 Å². The normalized spacial score (nSPS) is 19.6. The Kier molecular flexibility index (Phi) is 8.58. The summed E-state index contributed by atoms with van der Waals surface area (Å²) in [6.45, 7) is 24.3. The van der Waals surface area contributed by atoms with Gasteiger partial charge in [0.25, 0.3) is 0 Å². The van der Waals surface area contributed by atoms with Crippen LogP contribution in [-0.2, 0) is 38.5 Å². The van der Waals surface area contributed by atoms with Crippen molar-refractivity contribution in [2.24, 2.45) is 5.92 Å². The molecule has 0 heterocycles. The first kappa shape index (κ1) is 33.3. The molecule has 0 saturated carbocycles. The van der Waals surface area contributed by atoms with Crippen LogP contribution in [0.2, 0.25) is 0 Å². The van der Waals surface area contributed by atoms with Gasteiger partial charge in [0.05, 0.1) is 0 Å². The number of hydrogen-bond acceptors (Lipinski definition) is 0. The molecule has 0 amide bonds. The van der Waals surface area contributed by atoms with Crippen LogP contribution in [0.5, 0.6) is 0 Å². The molecule has 3 aromatic carbocycles. The second-order valence-electron chi connectivity index (χ2n) is 14.6. The molecular weight excluding hydrogens is 655 g/mol. The molecule has 0 radical (unpaired) electrons. The van der Waals surface area contributed by atoms with Crippen LogP contribution in [0.15, 0.2) is 78.9 Å². The Morgan fingerprint density at radius 2 is 1.34 bits per heavy atom. The number of allylic oxidation sites excluding steroid dienone is 8. The van der Waals surface area contributed by atoms with E-state index in [0.717, 1.165) is 6.42 Å². The molecule has 4 aliphatic carbocycles. The monoisotopic (exact) mass is 696 g/mol. The van der Waals surface area contributed by atoms with E-state index in [1.807, 2.05) is 0 Å². The third-order valence-electron chi connectivity index (χ3n) is 10.7. The van der Waals surface area contributed by atoms with Crippen molar-refractivity contribution in [2.45, 2.75) is 86.5 Å². The Labute approximate surface area is 285 Å². The Bertz CT molecular complexity index is 1890. The number of rotatable bonds is 3. The Hall–Kier alpha value is -2.05. The summed E-state index contributed by atoms with van der Waals surface area (Å²) in [4.78, 5) is 0. The standard InChI is InChI=1S/C25H25.C13H13.C3H6.2ClH.Zr/c1-14-12-24(3,4)22-8-16-7-17-9-23-19(15(2)13-25(23,5)6)11-21(17)20(16)10-18(14)22;1-10-8-11(2)13(9-10)12-6-4-3-5-7-12;1-3-2;;;/h8-12H,7H2,1-6H3;3-7,9-10H,1-2H3;1-2H3;2*1H;/q;;;;;+2/p-2. The van der Waals surface area contributed by atoms with Gasteiger partial charge in [0, 0.05) is 0 Å². The Morgan fingerprint density at radius 3 is 1.95 bits per heavy atom. The van der Waals surface area contributed by atoms with Crippen LogP contribution in [0.1, 0.15) is 108 Å². The molecule has 1 unspecified atom stereocenters. The molecule has 0 spiro atoms. The van der Waals surface area contributed by atoms with Crippen molar-refractivity contribution < 1.29 is 46.1 Å². The smallest absolute Gasteiger partial charge is 1.00 e. The molecule has 0 bridgehead atoms. The first-order valence-electron chi connectivity index (χ1n) is 15.7. The molecule has 4 aliphatic rings. The van der Waals surface area contributed by atoms with Crippen molar-refractivity contribution in [3.8, 4) is 11.1 Å². The van der Waals surface area contributed by atoms with Crippen molar-refractivity contribution in [3.05, 3.63) is 118 Å². The van der Waals surface area contributed by atoms with E-state index in [1.165, 1.54) is 55.7 Å². The van der Waals surface area contributed by atoms with E-state index in [-0.39, 0.29) is 35.6 Å². The predicted octanol–water partition coefficient (Wildman–Crippen LogP) is 4.82. The Balaban J connectivity index is 0.00000192. The molecule has 44 heavy (non-hydrogen) atoms. The second kappa shape index (κ2) is 11.3. The molecule has 0 saturated heterocycles. The maximum atomic E-state index is 2.61. The van der Waals surface area contributed by atoms with Crippen LogP contribution < -0.4 is 24.8 Å². The van der Waals surface area contributed by atoms with E-state index < -0.39 is 21.3 Å². The molecule has 0 aromatic heterocycles. The molecule has 0 nitrogen and oxygen atoms in total. The van der Waals surface area contributed by atoms with Crippen LogP contribution in [0.25, 0.3) is 27.8 Å². The van der Waals surface area contributed by atoms with E-state index in [1.54, 1.807) is 26.5 Å². The van der Waals surface area contributed by atoms with Gasteiger partial charge in [-0.2, -0.15) is 0 Å². The molecule has 3 heteroatoms. The predicted molar refractivity (Wildman–Crippen MR) is 180 cm³/mol. The van der Waals surface area contributed by atoms with Crippen molar-refractivity contribution in [1.82, 2.24) is 0 Å². The fraction of sp³-hybridized carbons (Fsp3) is 0.341. The molecule has 0 N–H and O–H groups in total. The van der Waals surface area contributed by atoms with Crippen molar-refractivity contribution in [1.29, 1.82) is 0 Å². The minimum Gasteiger partial charge on any atom is -1.00 e. The first-order chi connectivity index (χ1) is 19.8.